The van der Waals surface area contributed by atoms with Crippen LogP contribution in [0.2, 0.25) is 0 Å². The fourth-order valence-corrected chi connectivity index (χ4v) is 9.55. The summed E-state index contributed by atoms with van der Waals surface area (Å²) in [7, 11) is 0. The summed E-state index contributed by atoms with van der Waals surface area (Å²) in [5, 5.41) is 0. The number of carbonyl (C=O) groups is 3. The monoisotopic (exact) mass is 1110 g/mol. The number of hydrogen-bond donors (Lipinski definition) is 0. The van der Waals surface area contributed by atoms with Gasteiger partial charge >= 0.3 is 17.9 Å². The molecular weight excluding hydrogens is 985 g/mol. The van der Waals surface area contributed by atoms with Gasteiger partial charge in [0.1, 0.15) is 13.2 Å². The Morgan fingerprint density at radius 3 is 0.838 bits per heavy atom. The normalized spacial score (nSPS) is 12.8. The van der Waals surface area contributed by atoms with Gasteiger partial charge in [-0.1, -0.05) is 323 Å². The van der Waals surface area contributed by atoms with E-state index in [0.29, 0.717) is 19.3 Å². The molecule has 0 aliphatic heterocycles. The van der Waals surface area contributed by atoms with Gasteiger partial charge < -0.3 is 14.2 Å². The topological polar surface area (TPSA) is 78.9 Å². The summed E-state index contributed by atoms with van der Waals surface area (Å²) in [4.78, 5) is 38.3. The first kappa shape index (κ1) is 76.1. The molecule has 0 radical (unpaired) electrons. The van der Waals surface area contributed by atoms with Gasteiger partial charge in [0, 0.05) is 19.3 Å². The molecule has 6 nitrogen and oxygen atoms in total. The number of carbonyl (C=O) groups excluding carboxylic acids is 3. The molecule has 0 bridgehead atoms. The molecule has 0 aromatic carbocycles. The Labute approximate surface area is 495 Å². The standard InChI is InChI=1S/C74H126O6/c1-4-7-10-13-16-19-22-25-27-29-31-33-35-36-37-39-40-42-44-46-49-52-55-58-61-64-67-73(76)79-70-71(69-78-72(75)66-63-60-57-54-51-48-24-21-18-15-12-9-6-3)80-74(77)68-65-62-59-56-53-50-47-45-43-41-38-34-32-30-28-26-23-20-17-14-11-8-5-2/h8-9,11-12,17-18,20-21,26,28,32,34,41,43,48,51,57,60,71H,4-7,10,13-16,19,22-25,27,29-31,33,35-40,42,44-47,49-50,52-56,58-59,61-70H2,1-3H3/b11-8-,12-9-,20-17-,21-18-,28-26-,34-32-,43-41-,51-48-,60-57-. The number of hydrogen-bond acceptors (Lipinski definition) is 6. The first-order valence-electron chi connectivity index (χ1n) is 33.9. The van der Waals surface area contributed by atoms with Gasteiger partial charge in [-0.15, -0.1) is 0 Å². The van der Waals surface area contributed by atoms with Crippen molar-refractivity contribution in [3.05, 3.63) is 109 Å². The zero-order chi connectivity index (χ0) is 57.8. The van der Waals surface area contributed by atoms with Gasteiger partial charge in [0.05, 0.1) is 0 Å². The van der Waals surface area contributed by atoms with Gasteiger partial charge in [-0.3, -0.25) is 14.4 Å². The van der Waals surface area contributed by atoms with Crippen molar-refractivity contribution in [3.63, 3.8) is 0 Å². The van der Waals surface area contributed by atoms with Crippen molar-refractivity contribution in [3.8, 4) is 0 Å². The summed E-state index contributed by atoms with van der Waals surface area (Å²) < 4.78 is 16.9. The number of rotatable bonds is 61. The molecule has 0 saturated carbocycles. The molecule has 0 aliphatic rings. The Hall–Kier alpha value is -3.93. The zero-order valence-corrected chi connectivity index (χ0v) is 52.6. The third-order valence-corrected chi connectivity index (χ3v) is 14.5. The van der Waals surface area contributed by atoms with Crippen LogP contribution in [0.1, 0.15) is 323 Å². The minimum Gasteiger partial charge on any atom is -0.462 e. The highest BCUT2D eigenvalue weighted by Crippen LogP contribution is 2.17. The SMILES string of the molecule is CC/C=C\C/C=C\C/C=C\C/C=C\C/C=C\CCCCCCCCCC(=O)OC(COC(=O)CC/C=C\C/C=C\C/C=C\C/C=C\CC)COC(=O)CCCCCCCCCCCCCCCCCCCCCCCCCCCC. The van der Waals surface area contributed by atoms with E-state index in [4.69, 9.17) is 14.2 Å². The largest absolute Gasteiger partial charge is 0.462 e. The number of allylic oxidation sites excluding steroid dienone is 18. The second-order valence-electron chi connectivity index (χ2n) is 22.3. The molecule has 0 heterocycles. The lowest BCUT2D eigenvalue weighted by atomic mass is 10.0. The maximum atomic E-state index is 12.9. The molecule has 1 atom stereocenters. The first-order valence-corrected chi connectivity index (χ1v) is 33.9. The van der Waals surface area contributed by atoms with E-state index < -0.39 is 6.10 Å². The van der Waals surface area contributed by atoms with E-state index >= 15 is 0 Å². The Morgan fingerprint density at radius 2 is 0.512 bits per heavy atom. The summed E-state index contributed by atoms with van der Waals surface area (Å²) in [6.07, 6.45) is 92.8. The van der Waals surface area contributed by atoms with Crippen molar-refractivity contribution < 1.29 is 28.6 Å². The molecule has 0 fully saturated rings. The molecule has 0 amide bonds. The Kier molecular flexibility index (Phi) is 64.3. The van der Waals surface area contributed by atoms with E-state index in [2.05, 4.69) is 124 Å². The average Bonchev–Trinajstić information content (AvgIpc) is 3.46. The van der Waals surface area contributed by atoms with Crippen molar-refractivity contribution in [1.29, 1.82) is 0 Å². The number of ether oxygens (including phenoxy) is 3. The van der Waals surface area contributed by atoms with Crippen LogP contribution in [-0.2, 0) is 28.6 Å². The Bertz CT molecular complexity index is 1610. The maximum absolute atomic E-state index is 12.9. The molecule has 0 saturated heterocycles. The molecule has 0 aliphatic carbocycles. The minimum atomic E-state index is -0.815. The molecule has 458 valence electrons. The molecule has 0 aromatic rings. The zero-order valence-electron chi connectivity index (χ0n) is 52.6. The highest BCUT2D eigenvalue weighted by molar-refractivity contribution is 5.71. The molecular formula is C74H126O6. The van der Waals surface area contributed by atoms with E-state index in [1.165, 1.54) is 167 Å². The van der Waals surface area contributed by atoms with E-state index in [1.807, 2.05) is 6.08 Å². The first-order chi connectivity index (χ1) is 39.5. The number of unbranched alkanes of at least 4 members (excludes halogenated alkanes) is 32. The quantitative estimate of drug-likeness (QED) is 0.0261. The molecule has 1 unspecified atom stereocenters. The number of esters is 3. The van der Waals surface area contributed by atoms with Crippen LogP contribution in [0.15, 0.2) is 109 Å². The fraction of sp³-hybridized carbons (Fsp3) is 0.716. The second-order valence-corrected chi connectivity index (χ2v) is 22.3. The van der Waals surface area contributed by atoms with Gasteiger partial charge in [0.15, 0.2) is 6.10 Å². The van der Waals surface area contributed by atoms with Crippen LogP contribution in [0.5, 0.6) is 0 Å². The van der Waals surface area contributed by atoms with Gasteiger partial charge in [-0.25, -0.2) is 0 Å². The molecule has 0 aromatic heterocycles. The van der Waals surface area contributed by atoms with Crippen LogP contribution < -0.4 is 0 Å². The van der Waals surface area contributed by atoms with Gasteiger partial charge in [-0.2, -0.15) is 0 Å². The predicted octanol–water partition coefficient (Wildman–Crippen LogP) is 23.4. The minimum absolute atomic E-state index is 0.103. The van der Waals surface area contributed by atoms with Crippen LogP contribution in [0.3, 0.4) is 0 Å². The summed E-state index contributed by atoms with van der Waals surface area (Å²) in [5.41, 5.74) is 0. The van der Waals surface area contributed by atoms with Crippen molar-refractivity contribution >= 4 is 17.9 Å². The maximum Gasteiger partial charge on any atom is 0.306 e. The van der Waals surface area contributed by atoms with Crippen LogP contribution in [0.4, 0.5) is 0 Å². The third kappa shape index (κ3) is 64.9. The lowest BCUT2D eigenvalue weighted by molar-refractivity contribution is -0.166. The fourth-order valence-electron chi connectivity index (χ4n) is 9.55. The van der Waals surface area contributed by atoms with E-state index in [-0.39, 0.29) is 37.5 Å². The van der Waals surface area contributed by atoms with Crippen LogP contribution >= 0.6 is 0 Å². The van der Waals surface area contributed by atoms with E-state index in [0.717, 1.165) is 109 Å². The van der Waals surface area contributed by atoms with Gasteiger partial charge in [0.25, 0.3) is 0 Å². The van der Waals surface area contributed by atoms with Crippen LogP contribution in [0, 0.1) is 0 Å². The van der Waals surface area contributed by atoms with Gasteiger partial charge in [-0.05, 0) is 89.9 Å². The van der Waals surface area contributed by atoms with Crippen molar-refractivity contribution in [2.45, 2.75) is 329 Å². The average molecular weight is 1110 g/mol. The highest BCUT2D eigenvalue weighted by Gasteiger charge is 2.19. The summed E-state index contributed by atoms with van der Waals surface area (Å²) in [5.74, 6) is -0.989. The second kappa shape index (κ2) is 67.6. The lowest BCUT2D eigenvalue weighted by Crippen LogP contribution is -2.30. The van der Waals surface area contributed by atoms with Crippen molar-refractivity contribution in [2.75, 3.05) is 13.2 Å². The smallest absolute Gasteiger partial charge is 0.306 e. The summed E-state index contributed by atoms with van der Waals surface area (Å²) >= 11 is 0. The molecule has 0 N–H and O–H groups in total. The van der Waals surface area contributed by atoms with E-state index in [9.17, 15) is 14.4 Å². The molecule has 0 spiro atoms. The summed E-state index contributed by atoms with van der Waals surface area (Å²) in [6.45, 7) is 6.37. The third-order valence-electron chi connectivity index (χ3n) is 14.5. The molecule has 0 rings (SSSR count). The van der Waals surface area contributed by atoms with E-state index in [1.54, 1.807) is 0 Å². The van der Waals surface area contributed by atoms with Crippen molar-refractivity contribution in [2.24, 2.45) is 0 Å². The van der Waals surface area contributed by atoms with Crippen molar-refractivity contribution in [1.82, 2.24) is 0 Å². The molecule has 80 heavy (non-hydrogen) atoms. The Balaban J connectivity index is 4.33. The molecule has 6 heteroatoms. The van der Waals surface area contributed by atoms with Gasteiger partial charge in [0.2, 0.25) is 0 Å². The highest BCUT2D eigenvalue weighted by atomic mass is 16.6. The predicted molar refractivity (Wildman–Crippen MR) is 348 cm³/mol. The van der Waals surface area contributed by atoms with Crippen LogP contribution in [-0.4, -0.2) is 37.2 Å². The summed E-state index contributed by atoms with van der Waals surface area (Å²) in [6, 6.07) is 0. The lowest BCUT2D eigenvalue weighted by Gasteiger charge is -2.18. The Morgan fingerprint density at radius 1 is 0.263 bits per heavy atom. The van der Waals surface area contributed by atoms with Crippen LogP contribution in [0.25, 0.3) is 0 Å².